The molecule has 0 fully saturated rings. The SMILES string of the molecule is CC(C)(C)c1ccc(C(=N)OC(=O)[SH2+])cc1. The van der Waals surface area contributed by atoms with Gasteiger partial charge in [-0.3, -0.25) is 5.41 Å². The number of hydrogen-bond donors (Lipinski definition) is 1. The van der Waals surface area contributed by atoms with Crippen molar-refractivity contribution in [3.8, 4) is 0 Å². The molecule has 4 heteroatoms. The minimum Gasteiger partial charge on any atom is -0.367 e. The van der Waals surface area contributed by atoms with Crippen LogP contribution in [0.25, 0.3) is 0 Å². The van der Waals surface area contributed by atoms with Gasteiger partial charge in [-0.2, -0.15) is 4.79 Å². The summed E-state index contributed by atoms with van der Waals surface area (Å²) in [4.78, 5) is 10.6. The monoisotopic (exact) mass is 238 g/mol. The van der Waals surface area contributed by atoms with Gasteiger partial charge >= 0.3 is 5.30 Å². The minimum atomic E-state index is -0.662. The number of hydrogen-bond acceptors (Lipinski definition) is 3. The maximum Gasteiger partial charge on any atom is 0.527 e. The van der Waals surface area contributed by atoms with Gasteiger partial charge in [-0.25, -0.2) is 0 Å². The van der Waals surface area contributed by atoms with Gasteiger partial charge in [-0.15, -0.1) is 0 Å². The molecule has 0 saturated carbocycles. The van der Waals surface area contributed by atoms with E-state index >= 15 is 0 Å². The fourth-order valence-corrected chi connectivity index (χ4v) is 1.38. The number of rotatable bonds is 1. The van der Waals surface area contributed by atoms with Crippen LogP contribution in [-0.2, 0) is 22.8 Å². The van der Waals surface area contributed by atoms with Crippen LogP contribution in [-0.4, -0.2) is 11.2 Å². The summed E-state index contributed by atoms with van der Waals surface area (Å²) >= 11 is 2.67. The zero-order chi connectivity index (χ0) is 12.3. The Morgan fingerprint density at radius 1 is 1.25 bits per heavy atom. The lowest BCUT2D eigenvalue weighted by Gasteiger charge is -2.18. The van der Waals surface area contributed by atoms with E-state index in [1.54, 1.807) is 12.1 Å². The summed E-state index contributed by atoms with van der Waals surface area (Å²) in [7, 11) is 0. The summed E-state index contributed by atoms with van der Waals surface area (Å²) in [5.41, 5.74) is 1.83. The lowest BCUT2D eigenvalue weighted by atomic mass is 9.87. The van der Waals surface area contributed by atoms with Gasteiger partial charge < -0.3 is 4.74 Å². The first kappa shape index (κ1) is 12.8. The first-order chi connectivity index (χ1) is 7.30. The quantitative estimate of drug-likeness (QED) is 0.353. The second kappa shape index (κ2) is 4.70. The second-order valence-corrected chi connectivity index (χ2v) is 4.95. The second-order valence-electron chi connectivity index (χ2n) is 4.55. The molecule has 1 aromatic carbocycles. The predicted molar refractivity (Wildman–Crippen MR) is 68.6 cm³/mol. The standard InChI is InChI=1S/C12H15NO2S/c1-12(2,3)9-6-4-8(5-7-9)10(13)15-11(14)16/h4-7,13H,1-3H3,(H,14,16)/p+1. The molecule has 86 valence electrons. The highest BCUT2D eigenvalue weighted by Gasteiger charge is 2.14. The molecule has 0 aliphatic carbocycles. The van der Waals surface area contributed by atoms with E-state index in [0.717, 1.165) is 0 Å². The number of benzene rings is 1. The number of carbonyl (C=O) groups excluding carboxylic acids is 1. The first-order valence-corrected chi connectivity index (χ1v) is 5.43. The third-order valence-corrected chi connectivity index (χ3v) is 2.31. The molecule has 0 aromatic heterocycles. The highest BCUT2D eigenvalue weighted by atomic mass is 32.1. The highest BCUT2D eigenvalue weighted by Crippen LogP contribution is 2.22. The van der Waals surface area contributed by atoms with Gasteiger partial charge in [-0.05, 0) is 23.1 Å². The van der Waals surface area contributed by atoms with E-state index in [0.29, 0.717) is 5.56 Å². The molecule has 0 radical (unpaired) electrons. The number of ether oxygens (including phenoxy) is 1. The van der Waals surface area contributed by atoms with Crippen molar-refractivity contribution in [3.05, 3.63) is 35.4 Å². The average molecular weight is 238 g/mol. The Balaban J connectivity index is 2.87. The topological polar surface area (TPSA) is 50.1 Å². The molecule has 0 spiro atoms. The van der Waals surface area contributed by atoms with Crippen LogP contribution in [0, 0.1) is 5.41 Å². The summed E-state index contributed by atoms with van der Waals surface area (Å²) < 4.78 is 4.62. The lowest BCUT2D eigenvalue weighted by molar-refractivity contribution is 0.224. The number of carbonyl (C=O) groups is 1. The van der Waals surface area contributed by atoms with Crippen molar-refractivity contribution < 1.29 is 9.53 Å². The third-order valence-electron chi connectivity index (χ3n) is 2.21. The zero-order valence-corrected chi connectivity index (χ0v) is 10.6. The van der Waals surface area contributed by atoms with E-state index in [-0.39, 0.29) is 11.3 Å². The summed E-state index contributed by atoms with van der Waals surface area (Å²) in [5.74, 6) is -0.152. The van der Waals surface area contributed by atoms with Crippen LogP contribution in [0.15, 0.2) is 24.3 Å². The van der Waals surface area contributed by atoms with Crippen LogP contribution in [0.1, 0.15) is 31.9 Å². The average Bonchev–Trinajstić information content (AvgIpc) is 2.15. The Morgan fingerprint density at radius 3 is 2.12 bits per heavy atom. The molecular weight excluding hydrogens is 222 g/mol. The fraction of sp³-hybridized carbons (Fsp3) is 0.333. The summed E-state index contributed by atoms with van der Waals surface area (Å²) in [5, 5.41) is 6.85. The molecule has 0 bridgehead atoms. The van der Waals surface area contributed by atoms with Gasteiger partial charge in [0.1, 0.15) is 0 Å². The molecule has 0 aliphatic heterocycles. The molecule has 1 aromatic rings. The molecule has 3 nitrogen and oxygen atoms in total. The van der Waals surface area contributed by atoms with Gasteiger partial charge in [0.15, 0.2) is 0 Å². The van der Waals surface area contributed by atoms with Crippen molar-refractivity contribution in [1.29, 1.82) is 5.41 Å². The van der Waals surface area contributed by atoms with Crippen LogP contribution in [0.4, 0.5) is 4.79 Å². The van der Waals surface area contributed by atoms with Crippen LogP contribution in [0.2, 0.25) is 0 Å². The molecule has 0 atom stereocenters. The molecule has 0 saturated heterocycles. The molecule has 0 unspecified atom stereocenters. The van der Waals surface area contributed by atoms with Gasteiger partial charge in [0, 0.05) is 5.56 Å². The van der Waals surface area contributed by atoms with Crippen molar-refractivity contribution in [2.45, 2.75) is 26.2 Å². The predicted octanol–water partition coefficient (Wildman–Crippen LogP) is 2.46. The minimum absolute atomic E-state index is 0.0759. The maximum atomic E-state index is 10.6. The molecule has 1 N–H and O–H groups in total. The van der Waals surface area contributed by atoms with Crippen LogP contribution < -0.4 is 0 Å². The Labute approximate surface area is 101 Å². The van der Waals surface area contributed by atoms with Crippen LogP contribution in [0.5, 0.6) is 0 Å². The highest BCUT2D eigenvalue weighted by molar-refractivity contribution is 7.76. The zero-order valence-electron chi connectivity index (χ0n) is 9.63. The Bertz CT molecular complexity index is 404. The van der Waals surface area contributed by atoms with Crippen molar-refractivity contribution in [2.75, 3.05) is 0 Å². The number of nitrogens with one attached hydrogen (secondary N) is 1. The normalized spacial score (nSPS) is 11.0. The maximum absolute atomic E-state index is 10.6. The largest absolute Gasteiger partial charge is 0.527 e. The van der Waals surface area contributed by atoms with Crippen LogP contribution >= 0.6 is 0 Å². The van der Waals surface area contributed by atoms with E-state index in [4.69, 9.17) is 5.41 Å². The van der Waals surface area contributed by atoms with E-state index < -0.39 is 5.30 Å². The van der Waals surface area contributed by atoms with Gasteiger partial charge in [0.05, 0.1) is 12.6 Å². The van der Waals surface area contributed by atoms with Crippen molar-refractivity contribution in [1.82, 2.24) is 0 Å². The van der Waals surface area contributed by atoms with Gasteiger partial charge in [0.25, 0.3) is 0 Å². The molecular formula is C12H16NO2S+. The van der Waals surface area contributed by atoms with E-state index in [2.05, 4.69) is 38.1 Å². The first-order valence-electron chi connectivity index (χ1n) is 4.93. The van der Waals surface area contributed by atoms with Crippen molar-refractivity contribution in [2.24, 2.45) is 0 Å². The Kier molecular flexibility index (Phi) is 3.75. The van der Waals surface area contributed by atoms with Gasteiger partial charge in [-0.1, -0.05) is 32.9 Å². The van der Waals surface area contributed by atoms with Gasteiger partial charge in [0.2, 0.25) is 5.90 Å². The van der Waals surface area contributed by atoms with Crippen molar-refractivity contribution in [3.63, 3.8) is 0 Å². The summed E-state index contributed by atoms with van der Waals surface area (Å²) in [6, 6.07) is 7.42. The summed E-state index contributed by atoms with van der Waals surface area (Å²) in [6.07, 6.45) is 0. The Morgan fingerprint density at radius 2 is 1.75 bits per heavy atom. The lowest BCUT2D eigenvalue weighted by Crippen LogP contribution is -2.12. The van der Waals surface area contributed by atoms with Crippen LogP contribution in [0.3, 0.4) is 0 Å². The van der Waals surface area contributed by atoms with E-state index in [1.165, 1.54) is 5.56 Å². The van der Waals surface area contributed by atoms with Crippen molar-refractivity contribution >= 4 is 23.8 Å². The smallest absolute Gasteiger partial charge is 0.367 e. The molecule has 0 amide bonds. The molecule has 0 aliphatic rings. The molecule has 16 heavy (non-hydrogen) atoms. The van der Waals surface area contributed by atoms with E-state index in [9.17, 15) is 4.79 Å². The fourth-order valence-electron chi connectivity index (χ4n) is 1.27. The van der Waals surface area contributed by atoms with E-state index in [1.807, 2.05) is 12.1 Å². The molecule has 1 rings (SSSR count). The summed E-state index contributed by atoms with van der Waals surface area (Å²) in [6.45, 7) is 6.35. The molecule has 0 heterocycles. The Hall–Kier alpha value is -1.29. The third kappa shape index (κ3) is 3.38.